The Bertz CT molecular complexity index is 1320. The number of benzene rings is 4. The summed E-state index contributed by atoms with van der Waals surface area (Å²) in [6.45, 7) is 4.10. The summed E-state index contributed by atoms with van der Waals surface area (Å²) in [6.07, 6.45) is 0. The number of esters is 1. The van der Waals surface area contributed by atoms with Crippen LogP contribution < -0.4 is 14.8 Å². The molecule has 0 aromatic heterocycles. The van der Waals surface area contributed by atoms with Crippen molar-refractivity contribution < 1.29 is 19.1 Å². The SMILES string of the molecule is CC(C)(c1ccccc1)c1ccc(OCC(=O)Oc2ccc(C(=O)Nc3ccc(Cl)cc3)cc2)cc1. The third kappa shape index (κ3) is 6.32. The quantitative estimate of drug-likeness (QED) is 0.211. The van der Waals surface area contributed by atoms with Gasteiger partial charge in [-0.15, -0.1) is 0 Å². The summed E-state index contributed by atoms with van der Waals surface area (Å²) in [7, 11) is 0. The topological polar surface area (TPSA) is 64.6 Å². The minimum atomic E-state index is -0.540. The first kappa shape index (κ1) is 25.0. The van der Waals surface area contributed by atoms with E-state index in [2.05, 4.69) is 31.3 Å². The normalized spacial score (nSPS) is 11.0. The fourth-order valence-corrected chi connectivity index (χ4v) is 3.83. The first-order chi connectivity index (χ1) is 17.3. The standard InChI is InChI=1S/C30H26ClNO4/c1-30(2,22-6-4-3-5-7-22)23-10-18-26(19-11-23)35-20-28(33)36-27-16-8-21(9-17-27)29(34)32-25-14-12-24(31)13-15-25/h3-19H,20H2,1-2H3,(H,32,34). The Balaban J connectivity index is 1.28. The average Bonchev–Trinajstić information content (AvgIpc) is 2.90. The molecule has 0 radical (unpaired) electrons. The van der Waals surface area contributed by atoms with Crippen molar-refractivity contribution in [2.45, 2.75) is 19.3 Å². The number of nitrogens with one attached hydrogen (secondary N) is 1. The van der Waals surface area contributed by atoms with Crippen LogP contribution >= 0.6 is 11.6 Å². The Morgan fingerprint density at radius 3 is 1.97 bits per heavy atom. The number of ether oxygens (including phenoxy) is 2. The van der Waals surface area contributed by atoms with Crippen molar-refractivity contribution in [1.82, 2.24) is 0 Å². The molecule has 0 atom stereocenters. The molecule has 0 spiro atoms. The van der Waals surface area contributed by atoms with E-state index in [0.29, 0.717) is 27.8 Å². The molecule has 4 aromatic rings. The second kappa shape index (κ2) is 11.1. The number of carbonyl (C=O) groups excluding carboxylic acids is 2. The van der Waals surface area contributed by atoms with Gasteiger partial charge in [-0.1, -0.05) is 67.9 Å². The van der Waals surface area contributed by atoms with E-state index in [9.17, 15) is 9.59 Å². The Morgan fingerprint density at radius 2 is 1.33 bits per heavy atom. The molecular weight excluding hydrogens is 474 g/mol. The lowest BCUT2D eigenvalue weighted by Crippen LogP contribution is -2.19. The number of rotatable bonds is 8. The Kier molecular flexibility index (Phi) is 7.71. The number of hydrogen-bond acceptors (Lipinski definition) is 4. The van der Waals surface area contributed by atoms with E-state index >= 15 is 0 Å². The fraction of sp³-hybridized carbons (Fsp3) is 0.133. The van der Waals surface area contributed by atoms with Crippen LogP contribution in [0.2, 0.25) is 5.02 Å². The van der Waals surface area contributed by atoms with Crippen molar-refractivity contribution in [2.75, 3.05) is 11.9 Å². The van der Waals surface area contributed by atoms with Gasteiger partial charge in [-0.25, -0.2) is 4.79 Å². The molecule has 0 unspecified atom stereocenters. The van der Waals surface area contributed by atoms with Gasteiger partial charge in [0.1, 0.15) is 11.5 Å². The zero-order valence-corrected chi connectivity index (χ0v) is 20.8. The molecule has 6 heteroatoms. The number of amides is 1. The molecule has 5 nitrogen and oxygen atoms in total. The van der Waals surface area contributed by atoms with Crippen LogP contribution in [0.1, 0.15) is 35.3 Å². The van der Waals surface area contributed by atoms with E-state index in [-0.39, 0.29) is 17.9 Å². The van der Waals surface area contributed by atoms with Crippen LogP contribution in [-0.4, -0.2) is 18.5 Å². The van der Waals surface area contributed by atoms with Gasteiger partial charge in [0.2, 0.25) is 0 Å². The number of halogens is 1. The molecule has 182 valence electrons. The molecule has 1 N–H and O–H groups in total. The lowest BCUT2D eigenvalue weighted by atomic mass is 9.78. The highest BCUT2D eigenvalue weighted by Crippen LogP contribution is 2.32. The maximum atomic E-state index is 12.4. The van der Waals surface area contributed by atoms with Crippen LogP contribution in [0.15, 0.2) is 103 Å². The zero-order valence-electron chi connectivity index (χ0n) is 20.0. The van der Waals surface area contributed by atoms with Crippen molar-refractivity contribution in [3.05, 3.63) is 125 Å². The third-order valence-electron chi connectivity index (χ3n) is 5.88. The third-order valence-corrected chi connectivity index (χ3v) is 6.13. The first-order valence-electron chi connectivity index (χ1n) is 11.5. The Hall–Kier alpha value is -4.09. The molecule has 0 aliphatic heterocycles. The summed E-state index contributed by atoms with van der Waals surface area (Å²) >= 11 is 5.86. The first-order valence-corrected chi connectivity index (χ1v) is 11.9. The Labute approximate surface area is 215 Å². The van der Waals surface area contributed by atoms with E-state index in [1.807, 2.05) is 42.5 Å². The number of anilines is 1. The van der Waals surface area contributed by atoms with Crippen molar-refractivity contribution in [2.24, 2.45) is 0 Å². The maximum Gasteiger partial charge on any atom is 0.349 e. The minimum Gasteiger partial charge on any atom is -0.482 e. The second-order valence-corrected chi connectivity index (χ2v) is 9.20. The van der Waals surface area contributed by atoms with Gasteiger partial charge in [0.05, 0.1) is 0 Å². The molecular formula is C30H26ClNO4. The van der Waals surface area contributed by atoms with E-state index in [1.165, 1.54) is 5.56 Å². The smallest absolute Gasteiger partial charge is 0.349 e. The van der Waals surface area contributed by atoms with Gasteiger partial charge in [0, 0.05) is 21.7 Å². The summed E-state index contributed by atoms with van der Waals surface area (Å²) in [6, 6.07) is 31.1. The molecule has 0 fully saturated rings. The second-order valence-electron chi connectivity index (χ2n) is 8.76. The molecule has 1 amide bonds. The van der Waals surface area contributed by atoms with Gasteiger partial charge in [-0.05, 0) is 71.8 Å². The largest absolute Gasteiger partial charge is 0.482 e. The van der Waals surface area contributed by atoms with E-state index in [4.69, 9.17) is 21.1 Å². The van der Waals surface area contributed by atoms with Crippen molar-refractivity contribution in [3.63, 3.8) is 0 Å². The van der Waals surface area contributed by atoms with Crippen LogP contribution in [0, 0.1) is 0 Å². The monoisotopic (exact) mass is 499 g/mol. The predicted molar refractivity (Wildman–Crippen MR) is 142 cm³/mol. The highest BCUT2D eigenvalue weighted by Gasteiger charge is 2.22. The summed E-state index contributed by atoms with van der Waals surface area (Å²) in [5.74, 6) is 0.0832. The zero-order chi connectivity index (χ0) is 25.5. The van der Waals surface area contributed by atoms with Gasteiger partial charge in [-0.3, -0.25) is 4.79 Å². The molecule has 0 heterocycles. The van der Waals surface area contributed by atoms with Gasteiger partial charge in [-0.2, -0.15) is 0 Å². The number of hydrogen-bond donors (Lipinski definition) is 1. The Morgan fingerprint density at radius 1 is 0.750 bits per heavy atom. The molecule has 0 aliphatic carbocycles. The summed E-state index contributed by atoms with van der Waals surface area (Å²) in [4.78, 5) is 24.6. The molecule has 0 aliphatic rings. The van der Waals surface area contributed by atoms with E-state index in [0.717, 1.165) is 5.56 Å². The molecule has 0 bridgehead atoms. The van der Waals surface area contributed by atoms with Crippen LogP contribution in [0.3, 0.4) is 0 Å². The fourth-order valence-electron chi connectivity index (χ4n) is 3.70. The minimum absolute atomic E-state index is 0.156. The van der Waals surface area contributed by atoms with Crippen molar-refractivity contribution in [3.8, 4) is 11.5 Å². The lowest BCUT2D eigenvalue weighted by molar-refractivity contribution is -0.136. The van der Waals surface area contributed by atoms with E-state index in [1.54, 1.807) is 48.5 Å². The predicted octanol–water partition coefficient (Wildman–Crippen LogP) is 6.90. The summed E-state index contributed by atoms with van der Waals surface area (Å²) in [5.41, 5.74) is 3.27. The van der Waals surface area contributed by atoms with Gasteiger partial charge in [0.15, 0.2) is 6.61 Å². The number of carbonyl (C=O) groups is 2. The average molecular weight is 500 g/mol. The maximum absolute atomic E-state index is 12.4. The van der Waals surface area contributed by atoms with Crippen molar-refractivity contribution in [1.29, 1.82) is 0 Å². The van der Waals surface area contributed by atoms with Crippen LogP contribution in [0.4, 0.5) is 5.69 Å². The summed E-state index contributed by atoms with van der Waals surface area (Å²) in [5, 5.41) is 3.37. The molecule has 0 saturated heterocycles. The molecule has 4 rings (SSSR count). The van der Waals surface area contributed by atoms with Crippen molar-refractivity contribution >= 4 is 29.2 Å². The van der Waals surface area contributed by atoms with E-state index < -0.39 is 5.97 Å². The van der Waals surface area contributed by atoms with Gasteiger partial charge >= 0.3 is 5.97 Å². The highest BCUT2D eigenvalue weighted by atomic mass is 35.5. The van der Waals surface area contributed by atoms with Gasteiger partial charge in [0.25, 0.3) is 5.91 Å². The molecule has 4 aromatic carbocycles. The molecule has 0 saturated carbocycles. The van der Waals surface area contributed by atoms with Crippen LogP contribution in [0.5, 0.6) is 11.5 Å². The molecule has 36 heavy (non-hydrogen) atoms. The van der Waals surface area contributed by atoms with Crippen LogP contribution in [0.25, 0.3) is 0 Å². The van der Waals surface area contributed by atoms with Gasteiger partial charge < -0.3 is 14.8 Å². The lowest BCUT2D eigenvalue weighted by Gasteiger charge is -2.26. The summed E-state index contributed by atoms with van der Waals surface area (Å²) < 4.78 is 10.9. The van der Waals surface area contributed by atoms with Crippen LogP contribution in [-0.2, 0) is 10.2 Å². The highest BCUT2D eigenvalue weighted by molar-refractivity contribution is 6.30.